The molecule has 3 aromatic rings. The molecule has 0 spiro atoms. The molecule has 0 aliphatic heterocycles. The minimum absolute atomic E-state index is 0.129. The summed E-state index contributed by atoms with van der Waals surface area (Å²) < 4.78 is 41.8. The molecule has 1 amide bonds. The number of nitrogens with zero attached hydrogens (tertiary/aromatic N) is 5. The Morgan fingerprint density at radius 2 is 2.00 bits per heavy atom. The monoisotopic (exact) mass is 366 g/mol. The first-order valence-corrected chi connectivity index (χ1v) is 7.88. The van der Waals surface area contributed by atoms with Crippen LogP contribution in [0.5, 0.6) is 0 Å². The second kappa shape index (κ2) is 6.77. The van der Waals surface area contributed by atoms with E-state index < -0.39 is 11.7 Å². The van der Waals surface area contributed by atoms with E-state index in [1.807, 2.05) is 0 Å². The van der Waals surface area contributed by atoms with Crippen LogP contribution in [0.25, 0.3) is 11.0 Å². The van der Waals surface area contributed by atoms with Gasteiger partial charge < -0.3 is 14.5 Å². The Hall–Kier alpha value is -2.91. The molecule has 0 unspecified atom stereocenters. The predicted molar refractivity (Wildman–Crippen MR) is 86.9 cm³/mol. The van der Waals surface area contributed by atoms with Crippen molar-refractivity contribution in [2.24, 2.45) is 14.1 Å². The average molecular weight is 366 g/mol. The number of halogens is 3. The average Bonchev–Trinajstić information content (AvgIpc) is 3.13. The fourth-order valence-corrected chi connectivity index (χ4v) is 2.61. The SMILES string of the molecule is Cn1cnnc1CCC(=O)NCc1nc2cc(C(F)(F)F)ccc2n1C. The largest absolute Gasteiger partial charge is 0.416 e. The highest BCUT2D eigenvalue weighted by molar-refractivity contribution is 5.78. The zero-order chi connectivity index (χ0) is 18.9. The summed E-state index contributed by atoms with van der Waals surface area (Å²) in [6, 6.07) is 3.41. The van der Waals surface area contributed by atoms with Gasteiger partial charge in [0.1, 0.15) is 18.0 Å². The maximum absolute atomic E-state index is 12.8. The van der Waals surface area contributed by atoms with Crippen LogP contribution in [0.3, 0.4) is 0 Å². The molecular formula is C16H17F3N6O. The summed E-state index contributed by atoms with van der Waals surface area (Å²) in [7, 11) is 3.49. The smallest absolute Gasteiger partial charge is 0.349 e. The summed E-state index contributed by atoms with van der Waals surface area (Å²) in [5.41, 5.74) is 0.0642. The number of nitrogens with one attached hydrogen (secondary N) is 1. The number of aromatic nitrogens is 5. The van der Waals surface area contributed by atoms with Crippen LogP contribution in [0, 0.1) is 0 Å². The Labute approximate surface area is 146 Å². The van der Waals surface area contributed by atoms with Crippen molar-refractivity contribution in [1.82, 2.24) is 29.6 Å². The first kappa shape index (κ1) is 17.9. The molecule has 2 aromatic heterocycles. The summed E-state index contributed by atoms with van der Waals surface area (Å²) in [5.74, 6) is 0.977. The van der Waals surface area contributed by atoms with E-state index in [0.717, 1.165) is 12.1 Å². The minimum atomic E-state index is -4.42. The lowest BCUT2D eigenvalue weighted by Crippen LogP contribution is -2.24. The second-order valence-corrected chi connectivity index (χ2v) is 5.92. The molecule has 0 radical (unpaired) electrons. The standard InChI is InChI=1S/C16H17F3N6O/c1-24-9-21-23-13(24)5-6-15(26)20-8-14-22-11-7-10(16(17,18)19)3-4-12(11)25(14)2/h3-4,7,9H,5-6,8H2,1-2H3,(H,20,26). The van der Waals surface area contributed by atoms with Crippen molar-refractivity contribution in [2.45, 2.75) is 25.6 Å². The predicted octanol–water partition coefficient (Wildman–Crippen LogP) is 1.97. The van der Waals surface area contributed by atoms with Gasteiger partial charge in [-0.1, -0.05) is 0 Å². The molecule has 0 saturated carbocycles. The number of alkyl halides is 3. The molecule has 0 fully saturated rings. The van der Waals surface area contributed by atoms with Crippen molar-refractivity contribution >= 4 is 16.9 Å². The van der Waals surface area contributed by atoms with Crippen LogP contribution in [0.2, 0.25) is 0 Å². The van der Waals surface area contributed by atoms with Gasteiger partial charge in [-0.05, 0) is 18.2 Å². The molecular weight excluding hydrogens is 349 g/mol. The van der Waals surface area contributed by atoms with Crippen molar-refractivity contribution < 1.29 is 18.0 Å². The van der Waals surface area contributed by atoms with Crippen molar-refractivity contribution in [3.05, 3.63) is 41.7 Å². The number of amides is 1. The van der Waals surface area contributed by atoms with E-state index in [0.29, 0.717) is 23.6 Å². The van der Waals surface area contributed by atoms with Gasteiger partial charge in [-0.2, -0.15) is 13.2 Å². The third kappa shape index (κ3) is 3.68. The van der Waals surface area contributed by atoms with Gasteiger partial charge in [-0.3, -0.25) is 4.79 Å². The Bertz CT molecular complexity index is 943. The highest BCUT2D eigenvalue weighted by Gasteiger charge is 2.31. The van der Waals surface area contributed by atoms with Crippen LogP contribution in [-0.4, -0.2) is 30.2 Å². The van der Waals surface area contributed by atoms with Gasteiger partial charge >= 0.3 is 6.18 Å². The highest BCUT2D eigenvalue weighted by Crippen LogP contribution is 2.31. The number of imidazole rings is 1. The molecule has 1 N–H and O–H groups in total. The number of carbonyl (C=O) groups excluding carboxylic acids is 1. The molecule has 1 aromatic carbocycles. The van der Waals surface area contributed by atoms with Gasteiger partial charge in [-0.25, -0.2) is 4.98 Å². The number of hydrogen-bond acceptors (Lipinski definition) is 4. The Balaban J connectivity index is 1.66. The van der Waals surface area contributed by atoms with E-state index >= 15 is 0 Å². The molecule has 0 bridgehead atoms. The van der Waals surface area contributed by atoms with Gasteiger partial charge in [0.2, 0.25) is 5.91 Å². The number of aryl methyl sites for hydroxylation is 3. The minimum Gasteiger partial charge on any atom is -0.349 e. The van der Waals surface area contributed by atoms with E-state index in [1.54, 1.807) is 29.6 Å². The van der Waals surface area contributed by atoms with Crippen LogP contribution in [0.4, 0.5) is 13.2 Å². The van der Waals surface area contributed by atoms with Crippen molar-refractivity contribution in [1.29, 1.82) is 0 Å². The van der Waals surface area contributed by atoms with Gasteiger partial charge in [0.25, 0.3) is 0 Å². The summed E-state index contributed by atoms with van der Waals surface area (Å²) in [6.07, 6.45) is -2.18. The van der Waals surface area contributed by atoms with E-state index in [9.17, 15) is 18.0 Å². The van der Waals surface area contributed by atoms with Crippen molar-refractivity contribution in [3.63, 3.8) is 0 Å². The van der Waals surface area contributed by atoms with E-state index in [1.165, 1.54) is 6.07 Å². The summed E-state index contributed by atoms with van der Waals surface area (Å²) in [5, 5.41) is 10.4. The van der Waals surface area contributed by atoms with Crippen molar-refractivity contribution in [3.8, 4) is 0 Å². The molecule has 10 heteroatoms. The number of carbonyl (C=O) groups is 1. The highest BCUT2D eigenvalue weighted by atomic mass is 19.4. The molecule has 0 aliphatic rings. The molecule has 0 saturated heterocycles. The normalized spacial score (nSPS) is 11.9. The zero-order valence-corrected chi connectivity index (χ0v) is 14.2. The summed E-state index contributed by atoms with van der Waals surface area (Å²) in [4.78, 5) is 16.2. The van der Waals surface area contributed by atoms with E-state index in [4.69, 9.17) is 0 Å². The molecule has 2 heterocycles. The molecule has 0 atom stereocenters. The van der Waals surface area contributed by atoms with Crippen molar-refractivity contribution in [2.75, 3.05) is 0 Å². The van der Waals surface area contributed by atoms with Crippen LogP contribution in [0.1, 0.15) is 23.6 Å². The Kier molecular flexibility index (Phi) is 4.66. The Morgan fingerprint density at radius 1 is 1.23 bits per heavy atom. The second-order valence-electron chi connectivity index (χ2n) is 5.92. The number of fused-ring (bicyclic) bond motifs is 1. The van der Waals surface area contributed by atoms with E-state index in [-0.39, 0.29) is 24.4 Å². The number of rotatable bonds is 5. The summed E-state index contributed by atoms with van der Waals surface area (Å²) >= 11 is 0. The third-order valence-electron chi connectivity index (χ3n) is 4.13. The van der Waals surface area contributed by atoms with Crippen LogP contribution < -0.4 is 5.32 Å². The van der Waals surface area contributed by atoms with Gasteiger partial charge in [0, 0.05) is 26.9 Å². The van der Waals surface area contributed by atoms with Gasteiger partial charge in [-0.15, -0.1) is 10.2 Å². The first-order chi connectivity index (χ1) is 12.3. The fraction of sp³-hybridized carbons (Fsp3) is 0.375. The first-order valence-electron chi connectivity index (χ1n) is 7.88. The topological polar surface area (TPSA) is 77.6 Å². The maximum Gasteiger partial charge on any atom is 0.416 e. The quantitative estimate of drug-likeness (QED) is 0.749. The van der Waals surface area contributed by atoms with Gasteiger partial charge in [0.05, 0.1) is 23.1 Å². The lowest BCUT2D eigenvalue weighted by atomic mass is 10.2. The van der Waals surface area contributed by atoms with Crippen LogP contribution in [-0.2, 0) is 38.0 Å². The molecule has 7 nitrogen and oxygen atoms in total. The fourth-order valence-electron chi connectivity index (χ4n) is 2.61. The number of hydrogen-bond donors (Lipinski definition) is 1. The van der Waals surface area contributed by atoms with E-state index in [2.05, 4.69) is 20.5 Å². The third-order valence-corrected chi connectivity index (χ3v) is 4.13. The Morgan fingerprint density at radius 3 is 2.65 bits per heavy atom. The maximum atomic E-state index is 12.8. The van der Waals surface area contributed by atoms with Crippen LogP contribution >= 0.6 is 0 Å². The molecule has 0 aliphatic carbocycles. The zero-order valence-electron chi connectivity index (χ0n) is 14.2. The lowest BCUT2D eigenvalue weighted by molar-refractivity contribution is -0.137. The molecule has 138 valence electrons. The molecule has 26 heavy (non-hydrogen) atoms. The lowest BCUT2D eigenvalue weighted by Gasteiger charge is -2.06. The molecule has 3 rings (SSSR count). The summed E-state index contributed by atoms with van der Waals surface area (Å²) in [6.45, 7) is 0.129. The van der Waals surface area contributed by atoms with Gasteiger partial charge in [0.15, 0.2) is 0 Å². The van der Waals surface area contributed by atoms with Crippen LogP contribution in [0.15, 0.2) is 24.5 Å². The number of benzene rings is 1.